The largest absolute Gasteiger partial charge is 0.503 e. The number of benzene rings is 2. The summed E-state index contributed by atoms with van der Waals surface area (Å²) in [4.78, 5) is 0. The van der Waals surface area contributed by atoms with E-state index >= 15 is 0 Å². The average molecular weight is 423 g/mol. The zero-order chi connectivity index (χ0) is 16.3. The molecule has 1 heterocycles. The summed E-state index contributed by atoms with van der Waals surface area (Å²) in [5.74, 6) is -1.72. The molecule has 0 spiro atoms. The molecule has 0 bridgehead atoms. The molecule has 0 aromatic heterocycles. The van der Waals surface area contributed by atoms with Crippen LogP contribution in [-0.2, 0) is 0 Å². The summed E-state index contributed by atoms with van der Waals surface area (Å²) >= 11 is 35.8. The van der Waals surface area contributed by atoms with Crippen molar-refractivity contribution >= 4 is 69.6 Å². The number of fused-ring (bicyclic) bond motifs is 2. The van der Waals surface area contributed by atoms with Gasteiger partial charge in [0.05, 0.1) is 10.0 Å². The highest BCUT2D eigenvalue weighted by Gasteiger charge is 2.34. The topological polar surface area (TPSA) is 58.9 Å². The summed E-state index contributed by atoms with van der Waals surface area (Å²) in [7, 11) is 0. The van der Waals surface area contributed by atoms with E-state index in [4.69, 9.17) is 79.1 Å². The molecule has 0 fully saturated rings. The third kappa shape index (κ3) is 2.13. The fraction of sp³-hybridized carbons (Fsp3) is 0. The van der Waals surface area contributed by atoms with Gasteiger partial charge in [-0.05, 0) is 0 Å². The third-order valence-corrected chi connectivity index (χ3v) is 5.31. The first kappa shape index (κ1) is 16.2. The Morgan fingerprint density at radius 3 is 1.05 bits per heavy atom. The minimum atomic E-state index is -0.667. The molecular formula is C12H2Cl6O4. The molecule has 0 amide bonds. The van der Waals surface area contributed by atoms with Crippen LogP contribution in [0.4, 0.5) is 0 Å². The van der Waals surface area contributed by atoms with Crippen molar-refractivity contribution in [3.05, 3.63) is 30.1 Å². The van der Waals surface area contributed by atoms with Gasteiger partial charge in [-0.1, -0.05) is 69.6 Å². The Morgan fingerprint density at radius 1 is 0.455 bits per heavy atom. The fourth-order valence-electron chi connectivity index (χ4n) is 1.78. The fourth-order valence-corrected chi connectivity index (χ4v) is 3.11. The van der Waals surface area contributed by atoms with Gasteiger partial charge in [0.25, 0.3) is 0 Å². The lowest BCUT2D eigenvalue weighted by atomic mass is 10.2. The minimum absolute atomic E-state index is 0.0376. The predicted molar refractivity (Wildman–Crippen MR) is 86.4 cm³/mol. The van der Waals surface area contributed by atoms with E-state index in [9.17, 15) is 10.2 Å². The van der Waals surface area contributed by atoms with E-state index in [1.54, 1.807) is 0 Å². The maximum atomic E-state index is 9.71. The quantitative estimate of drug-likeness (QED) is 0.234. The Balaban J connectivity index is 2.32. The number of rotatable bonds is 0. The molecule has 0 saturated carbocycles. The smallest absolute Gasteiger partial charge is 0.194 e. The van der Waals surface area contributed by atoms with Crippen LogP contribution in [0.1, 0.15) is 0 Å². The van der Waals surface area contributed by atoms with Gasteiger partial charge in [0, 0.05) is 0 Å². The van der Waals surface area contributed by atoms with E-state index in [1.807, 2.05) is 0 Å². The summed E-state index contributed by atoms with van der Waals surface area (Å²) < 4.78 is 11.0. The number of hydrogen-bond donors (Lipinski definition) is 2. The lowest BCUT2D eigenvalue weighted by Crippen LogP contribution is -2.02. The van der Waals surface area contributed by atoms with Gasteiger partial charge in [0.1, 0.15) is 20.1 Å². The maximum absolute atomic E-state index is 9.71. The van der Waals surface area contributed by atoms with Crippen LogP contribution in [0.3, 0.4) is 0 Å². The van der Waals surface area contributed by atoms with Crippen molar-refractivity contribution < 1.29 is 19.7 Å². The zero-order valence-corrected chi connectivity index (χ0v) is 14.5. The maximum Gasteiger partial charge on any atom is 0.194 e. The summed E-state index contributed by atoms with van der Waals surface area (Å²) in [6.45, 7) is 0. The Bertz CT molecular complexity index is 700. The summed E-state index contributed by atoms with van der Waals surface area (Å²) in [5, 5.41) is 18.6. The summed E-state index contributed by atoms with van der Waals surface area (Å²) in [6, 6.07) is 0. The van der Waals surface area contributed by atoms with Gasteiger partial charge in [0.2, 0.25) is 0 Å². The molecule has 0 radical (unpaired) electrons. The summed E-state index contributed by atoms with van der Waals surface area (Å²) in [6.07, 6.45) is 0. The van der Waals surface area contributed by atoms with Crippen molar-refractivity contribution in [2.45, 2.75) is 0 Å². The molecule has 0 saturated heterocycles. The number of ether oxygens (including phenoxy) is 2. The highest BCUT2D eigenvalue weighted by atomic mass is 35.5. The molecule has 10 heteroatoms. The van der Waals surface area contributed by atoms with Crippen LogP contribution in [0.15, 0.2) is 0 Å². The van der Waals surface area contributed by atoms with Crippen molar-refractivity contribution in [2.24, 2.45) is 0 Å². The first-order valence-corrected chi connectivity index (χ1v) is 7.67. The van der Waals surface area contributed by atoms with E-state index < -0.39 is 11.5 Å². The van der Waals surface area contributed by atoms with Gasteiger partial charge >= 0.3 is 0 Å². The average Bonchev–Trinajstić information content (AvgIpc) is 2.52. The molecule has 2 aromatic rings. The second-order valence-corrected chi connectivity index (χ2v) is 6.37. The highest BCUT2D eigenvalue weighted by Crippen LogP contribution is 2.62. The normalized spacial score (nSPS) is 12.3. The van der Waals surface area contributed by atoms with Crippen LogP contribution in [0.5, 0.6) is 34.5 Å². The van der Waals surface area contributed by atoms with E-state index in [0.29, 0.717) is 0 Å². The van der Waals surface area contributed by atoms with Gasteiger partial charge < -0.3 is 19.7 Å². The third-order valence-electron chi connectivity index (χ3n) is 2.84. The van der Waals surface area contributed by atoms with E-state index in [1.165, 1.54) is 0 Å². The molecule has 0 aliphatic carbocycles. The van der Waals surface area contributed by atoms with Crippen LogP contribution in [0.2, 0.25) is 30.1 Å². The van der Waals surface area contributed by atoms with Crippen molar-refractivity contribution in [2.75, 3.05) is 0 Å². The number of phenols is 2. The zero-order valence-electron chi connectivity index (χ0n) is 9.98. The van der Waals surface area contributed by atoms with Crippen LogP contribution in [0, 0.1) is 0 Å². The van der Waals surface area contributed by atoms with E-state index in [0.717, 1.165) is 0 Å². The minimum Gasteiger partial charge on any atom is -0.503 e. The Morgan fingerprint density at radius 2 is 0.727 bits per heavy atom. The number of phenolic OH excluding ortho intramolecular Hbond substituents is 2. The Labute approximate surface area is 153 Å². The van der Waals surface area contributed by atoms with Gasteiger partial charge in [-0.2, -0.15) is 0 Å². The second-order valence-electron chi connectivity index (χ2n) is 4.10. The molecule has 2 aromatic carbocycles. The molecule has 3 rings (SSSR count). The first-order valence-electron chi connectivity index (χ1n) is 5.40. The molecule has 116 valence electrons. The molecule has 22 heavy (non-hydrogen) atoms. The lowest BCUT2D eigenvalue weighted by Gasteiger charge is -2.25. The predicted octanol–water partition coefficient (Wildman–Crippen LogP) is 6.92. The molecule has 2 N–H and O–H groups in total. The van der Waals surface area contributed by atoms with Crippen LogP contribution in [0.25, 0.3) is 0 Å². The van der Waals surface area contributed by atoms with E-state index in [-0.39, 0.29) is 53.1 Å². The van der Waals surface area contributed by atoms with Crippen molar-refractivity contribution in [3.63, 3.8) is 0 Å². The lowest BCUT2D eigenvalue weighted by molar-refractivity contribution is 0.347. The van der Waals surface area contributed by atoms with Gasteiger partial charge in [-0.25, -0.2) is 0 Å². The van der Waals surface area contributed by atoms with Crippen LogP contribution < -0.4 is 9.47 Å². The Kier molecular flexibility index (Phi) is 4.05. The second kappa shape index (κ2) is 5.48. The summed E-state index contributed by atoms with van der Waals surface area (Å²) in [5.41, 5.74) is 0. The van der Waals surface area contributed by atoms with Crippen molar-refractivity contribution in [3.8, 4) is 34.5 Å². The van der Waals surface area contributed by atoms with Gasteiger partial charge in [-0.15, -0.1) is 0 Å². The van der Waals surface area contributed by atoms with Crippen LogP contribution in [-0.4, -0.2) is 10.2 Å². The number of halogens is 6. The SMILES string of the molecule is Oc1c(O)c(Cl)c2c(c1Cl)Oc1c(Cl)c(Cl)c(Cl)c(Cl)c1O2. The highest BCUT2D eigenvalue weighted by molar-refractivity contribution is 6.53. The molecule has 0 unspecified atom stereocenters. The molecule has 1 aliphatic rings. The first-order chi connectivity index (χ1) is 10.3. The number of hydrogen-bond acceptors (Lipinski definition) is 4. The van der Waals surface area contributed by atoms with Crippen molar-refractivity contribution in [1.29, 1.82) is 0 Å². The molecule has 4 nitrogen and oxygen atoms in total. The van der Waals surface area contributed by atoms with Crippen LogP contribution >= 0.6 is 69.6 Å². The van der Waals surface area contributed by atoms with Gasteiger partial charge in [-0.3, -0.25) is 0 Å². The molecule has 0 atom stereocenters. The van der Waals surface area contributed by atoms with E-state index in [2.05, 4.69) is 0 Å². The standard InChI is InChI=1S/C12H2Cl6O4/c13-1-2(14)4(16)10-9(3(1)15)21-11-5(17)7(19)8(20)6(18)12(11)22-10/h19-20H. The monoisotopic (exact) mass is 420 g/mol. The van der Waals surface area contributed by atoms with Crippen molar-refractivity contribution in [1.82, 2.24) is 0 Å². The van der Waals surface area contributed by atoms with Gasteiger partial charge in [0.15, 0.2) is 34.5 Å². The molecule has 1 aliphatic heterocycles. The Hall–Kier alpha value is -0.620. The molecular weight excluding hydrogens is 421 g/mol. The number of aromatic hydroxyl groups is 2.